The van der Waals surface area contributed by atoms with Crippen LogP contribution in [-0.4, -0.2) is 78.5 Å². The lowest BCUT2D eigenvalue weighted by Crippen LogP contribution is -2.49. The van der Waals surface area contributed by atoms with Crippen LogP contribution in [0.2, 0.25) is 0 Å². The first-order chi connectivity index (χ1) is 16.7. The van der Waals surface area contributed by atoms with Crippen molar-refractivity contribution in [1.82, 2.24) is 14.8 Å². The summed E-state index contributed by atoms with van der Waals surface area (Å²) in [6, 6.07) is 8.37. The van der Waals surface area contributed by atoms with Gasteiger partial charge >= 0.3 is 0 Å². The van der Waals surface area contributed by atoms with Gasteiger partial charge in [-0.2, -0.15) is 0 Å². The molecule has 1 aromatic carbocycles. The smallest absolute Gasteiger partial charge is 0.257 e. The molecule has 9 nitrogen and oxygen atoms in total. The molecule has 9 heteroatoms. The molecule has 35 heavy (non-hydrogen) atoms. The first-order valence-corrected chi connectivity index (χ1v) is 11.7. The highest BCUT2D eigenvalue weighted by atomic mass is 16.5. The zero-order chi connectivity index (χ0) is 25.5. The number of aromatic nitrogens is 1. The van der Waals surface area contributed by atoms with E-state index in [9.17, 15) is 14.4 Å². The number of carbonyl (C=O) groups excluding carboxylic acids is 3. The Kier molecular flexibility index (Phi) is 8.81. The number of pyridine rings is 1. The fourth-order valence-corrected chi connectivity index (χ4v) is 4.18. The van der Waals surface area contributed by atoms with Crippen LogP contribution in [0, 0.1) is 5.92 Å². The number of fused-ring (bicyclic) bond motifs is 1. The lowest BCUT2D eigenvalue weighted by atomic mass is 10.0. The number of amides is 3. The Hall–Kier alpha value is -3.46. The van der Waals surface area contributed by atoms with Crippen molar-refractivity contribution in [2.75, 3.05) is 39.2 Å². The lowest BCUT2D eigenvalue weighted by molar-refractivity contribution is -0.134. The van der Waals surface area contributed by atoms with Gasteiger partial charge in [-0.1, -0.05) is 13.0 Å². The summed E-state index contributed by atoms with van der Waals surface area (Å²) in [5.74, 6) is -0.149. The third-order valence-corrected chi connectivity index (χ3v) is 6.17. The number of nitrogens with one attached hydrogen (secondary N) is 1. The van der Waals surface area contributed by atoms with Gasteiger partial charge in [-0.3, -0.25) is 19.4 Å². The van der Waals surface area contributed by atoms with E-state index in [-0.39, 0.29) is 48.8 Å². The largest absolute Gasteiger partial charge is 0.491 e. The Balaban J connectivity index is 1.94. The van der Waals surface area contributed by atoms with Crippen LogP contribution in [0.25, 0.3) is 0 Å². The van der Waals surface area contributed by atoms with E-state index in [0.717, 1.165) is 5.56 Å². The number of methoxy groups -OCH3 is 1. The Bertz CT molecular complexity index is 1050. The van der Waals surface area contributed by atoms with Gasteiger partial charge < -0.3 is 24.6 Å². The predicted octanol–water partition coefficient (Wildman–Crippen LogP) is 2.62. The van der Waals surface area contributed by atoms with Gasteiger partial charge in [0.05, 0.1) is 24.1 Å². The molecule has 1 aliphatic heterocycles. The summed E-state index contributed by atoms with van der Waals surface area (Å²) >= 11 is 0. The maximum atomic E-state index is 13.4. The van der Waals surface area contributed by atoms with Crippen LogP contribution >= 0.6 is 0 Å². The SMILES string of the molecule is CO[C@@H]1CN(C)C(=O)c2ccc(NC(C)=O)cc2OC[C@@H](C)N(C(=O)Cc2cccnc2)C[C@@H]1C. The molecule has 1 aromatic heterocycles. The van der Waals surface area contributed by atoms with Gasteiger partial charge in [0.25, 0.3) is 5.91 Å². The third kappa shape index (κ3) is 6.79. The molecule has 1 aliphatic rings. The van der Waals surface area contributed by atoms with Gasteiger partial charge in [0.2, 0.25) is 11.8 Å². The molecule has 2 heterocycles. The van der Waals surface area contributed by atoms with Crippen LogP contribution in [0.3, 0.4) is 0 Å². The maximum Gasteiger partial charge on any atom is 0.257 e. The molecule has 0 saturated heterocycles. The number of benzene rings is 1. The predicted molar refractivity (Wildman–Crippen MR) is 132 cm³/mol. The fourth-order valence-electron chi connectivity index (χ4n) is 4.18. The van der Waals surface area contributed by atoms with E-state index < -0.39 is 0 Å². The summed E-state index contributed by atoms with van der Waals surface area (Å²) < 4.78 is 11.8. The van der Waals surface area contributed by atoms with E-state index in [4.69, 9.17) is 9.47 Å². The first-order valence-electron chi connectivity index (χ1n) is 11.7. The van der Waals surface area contributed by atoms with Gasteiger partial charge in [0.1, 0.15) is 12.4 Å². The number of hydrogen-bond donors (Lipinski definition) is 1. The van der Waals surface area contributed by atoms with Crippen molar-refractivity contribution in [3.8, 4) is 5.75 Å². The van der Waals surface area contributed by atoms with Crippen LogP contribution in [0.15, 0.2) is 42.7 Å². The average Bonchev–Trinajstić information content (AvgIpc) is 2.83. The number of likely N-dealkylation sites (N-methyl/N-ethyl adjacent to an activating group) is 1. The van der Waals surface area contributed by atoms with E-state index in [0.29, 0.717) is 30.1 Å². The van der Waals surface area contributed by atoms with E-state index in [1.54, 1.807) is 49.7 Å². The summed E-state index contributed by atoms with van der Waals surface area (Å²) in [6.07, 6.45) is 3.32. The fraction of sp³-hybridized carbons (Fsp3) is 0.462. The molecule has 0 fully saturated rings. The van der Waals surface area contributed by atoms with Crippen molar-refractivity contribution in [2.45, 2.75) is 39.3 Å². The lowest BCUT2D eigenvalue weighted by Gasteiger charge is -2.36. The van der Waals surface area contributed by atoms with Gasteiger partial charge in [0.15, 0.2) is 0 Å². The van der Waals surface area contributed by atoms with Crippen LogP contribution in [0.4, 0.5) is 5.69 Å². The number of ether oxygens (including phenoxy) is 2. The minimum absolute atomic E-state index is 0.0309. The summed E-state index contributed by atoms with van der Waals surface area (Å²) in [7, 11) is 3.33. The molecule has 3 atom stereocenters. The Labute approximate surface area is 206 Å². The van der Waals surface area contributed by atoms with Gasteiger partial charge in [-0.05, 0) is 30.7 Å². The van der Waals surface area contributed by atoms with E-state index >= 15 is 0 Å². The Morgan fingerprint density at radius 2 is 2.00 bits per heavy atom. The second-order valence-corrected chi connectivity index (χ2v) is 9.07. The summed E-state index contributed by atoms with van der Waals surface area (Å²) in [5.41, 5.74) is 1.74. The number of hydrogen-bond acceptors (Lipinski definition) is 6. The normalized spacial score (nSPS) is 21.3. The Morgan fingerprint density at radius 1 is 1.23 bits per heavy atom. The van der Waals surface area contributed by atoms with Crippen molar-refractivity contribution in [3.05, 3.63) is 53.9 Å². The second kappa shape index (κ2) is 11.8. The van der Waals surface area contributed by atoms with Crippen molar-refractivity contribution < 1.29 is 23.9 Å². The molecule has 3 rings (SSSR count). The molecule has 0 radical (unpaired) electrons. The van der Waals surface area contributed by atoms with E-state index in [1.807, 2.05) is 30.9 Å². The molecule has 188 valence electrons. The molecular formula is C26H34N4O5. The summed E-state index contributed by atoms with van der Waals surface area (Å²) in [4.78, 5) is 45.7. The standard InChI is InChI=1S/C26H34N4O5/c1-17-14-30(25(32)11-20-7-6-10-27-13-20)18(2)16-35-23-12-21(28-19(3)31)8-9-22(23)26(33)29(4)15-24(17)34-5/h6-10,12-13,17-18,24H,11,14-16H2,1-5H3,(H,28,31)/t17-,18+,24+/m0/s1. The van der Waals surface area contributed by atoms with E-state index in [1.165, 1.54) is 6.92 Å². The van der Waals surface area contributed by atoms with Gasteiger partial charge in [-0.25, -0.2) is 0 Å². The van der Waals surface area contributed by atoms with Crippen molar-refractivity contribution >= 4 is 23.4 Å². The average molecular weight is 483 g/mol. The third-order valence-electron chi connectivity index (χ3n) is 6.17. The molecule has 0 bridgehead atoms. The van der Waals surface area contributed by atoms with Crippen LogP contribution < -0.4 is 10.1 Å². The first kappa shape index (κ1) is 26.2. The summed E-state index contributed by atoms with van der Waals surface area (Å²) in [6.45, 7) is 6.33. The molecule has 0 unspecified atom stereocenters. The van der Waals surface area contributed by atoms with E-state index in [2.05, 4.69) is 10.3 Å². The highest BCUT2D eigenvalue weighted by molar-refractivity contribution is 5.98. The molecule has 0 spiro atoms. The minimum Gasteiger partial charge on any atom is -0.491 e. The molecule has 0 aliphatic carbocycles. The zero-order valence-corrected chi connectivity index (χ0v) is 21.0. The highest BCUT2D eigenvalue weighted by Crippen LogP contribution is 2.27. The van der Waals surface area contributed by atoms with Gasteiger partial charge in [0, 0.05) is 64.2 Å². The molecule has 0 saturated carbocycles. The molecular weight excluding hydrogens is 448 g/mol. The number of rotatable bonds is 4. The second-order valence-electron chi connectivity index (χ2n) is 9.07. The molecule has 2 aromatic rings. The van der Waals surface area contributed by atoms with Crippen molar-refractivity contribution in [3.63, 3.8) is 0 Å². The number of carbonyl (C=O) groups is 3. The quantitative estimate of drug-likeness (QED) is 0.719. The minimum atomic E-state index is -0.274. The number of anilines is 1. The molecule has 3 amide bonds. The van der Waals surface area contributed by atoms with Crippen molar-refractivity contribution in [1.29, 1.82) is 0 Å². The zero-order valence-electron chi connectivity index (χ0n) is 21.0. The van der Waals surface area contributed by atoms with Crippen LogP contribution in [-0.2, 0) is 20.7 Å². The summed E-state index contributed by atoms with van der Waals surface area (Å²) in [5, 5.41) is 2.72. The van der Waals surface area contributed by atoms with Crippen LogP contribution in [0.5, 0.6) is 5.75 Å². The number of nitrogens with zero attached hydrogens (tertiary/aromatic N) is 3. The van der Waals surface area contributed by atoms with Crippen LogP contribution in [0.1, 0.15) is 36.7 Å². The van der Waals surface area contributed by atoms with Crippen molar-refractivity contribution in [2.24, 2.45) is 5.92 Å². The van der Waals surface area contributed by atoms with Gasteiger partial charge in [-0.15, -0.1) is 0 Å². The highest BCUT2D eigenvalue weighted by Gasteiger charge is 2.30. The molecule has 1 N–H and O–H groups in total. The monoisotopic (exact) mass is 482 g/mol. The topological polar surface area (TPSA) is 101 Å². The Morgan fingerprint density at radius 3 is 2.66 bits per heavy atom. The maximum absolute atomic E-state index is 13.4.